The first-order chi connectivity index (χ1) is 13.4. The van der Waals surface area contributed by atoms with Crippen LogP contribution in [0.1, 0.15) is 11.1 Å². The number of thiazole rings is 1. The normalized spacial score (nSPS) is 12.0. The third-order valence-electron chi connectivity index (χ3n) is 4.04. The largest absolute Gasteiger partial charge is 0.330 e. The molecule has 0 saturated carbocycles. The summed E-state index contributed by atoms with van der Waals surface area (Å²) >= 11 is 7.52. The van der Waals surface area contributed by atoms with Crippen molar-refractivity contribution in [1.82, 2.24) is 13.7 Å². The molecule has 0 N–H and O–H groups in total. The fraction of sp³-hybridized carbons (Fsp3) is 0.158. The molecule has 0 spiro atoms. The Bertz CT molecular complexity index is 1250. The SMILES string of the molecule is Cn1cc(/C=C\C(=O)N=c2sccn2Cc2ccccc2Cl)c(=O)n(C)c1=O. The van der Waals surface area contributed by atoms with E-state index in [1.807, 2.05) is 40.4 Å². The van der Waals surface area contributed by atoms with Gasteiger partial charge in [0.15, 0.2) is 4.80 Å². The van der Waals surface area contributed by atoms with Crippen LogP contribution in [-0.2, 0) is 25.4 Å². The molecule has 2 heterocycles. The molecule has 0 aliphatic carbocycles. The van der Waals surface area contributed by atoms with Gasteiger partial charge in [-0.25, -0.2) is 4.79 Å². The molecule has 9 heteroatoms. The fourth-order valence-electron chi connectivity index (χ4n) is 2.56. The minimum Gasteiger partial charge on any atom is -0.319 e. The number of hydrogen-bond donors (Lipinski definition) is 0. The average Bonchev–Trinajstić information content (AvgIpc) is 3.10. The van der Waals surface area contributed by atoms with Crippen LogP contribution in [0.4, 0.5) is 0 Å². The summed E-state index contributed by atoms with van der Waals surface area (Å²) in [6.07, 6.45) is 5.78. The van der Waals surface area contributed by atoms with Gasteiger partial charge in [0.05, 0.1) is 12.1 Å². The van der Waals surface area contributed by atoms with Gasteiger partial charge in [0.1, 0.15) is 0 Å². The zero-order valence-corrected chi connectivity index (χ0v) is 16.8. The highest BCUT2D eigenvalue weighted by molar-refractivity contribution is 7.07. The van der Waals surface area contributed by atoms with Gasteiger partial charge >= 0.3 is 5.69 Å². The number of hydrogen-bond acceptors (Lipinski definition) is 4. The van der Waals surface area contributed by atoms with E-state index in [1.54, 1.807) is 0 Å². The molecule has 1 amide bonds. The Kier molecular flexibility index (Phi) is 5.91. The summed E-state index contributed by atoms with van der Waals surface area (Å²) < 4.78 is 4.08. The van der Waals surface area contributed by atoms with Gasteiger partial charge in [0, 0.05) is 43.0 Å². The molecular weight excluding hydrogens is 400 g/mol. The number of aromatic nitrogens is 3. The van der Waals surface area contributed by atoms with Crippen molar-refractivity contribution in [2.45, 2.75) is 6.54 Å². The summed E-state index contributed by atoms with van der Waals surface area (Å²) in [5, 5.41) is 2.47. The molecule has 0 bridgehead atoms. The van der Waals surface area contributed by atoms with Crippen LogP contribution in [0.25, 0.3) is 6.08 Å². The van der Waals surface area contributed by atoms with E-state index in [1.165, 1.54) is 48.3 Å². The van der Waals surface area contributed by atoms with E-state index < -0.39 is 17.2 Å². The number of rotatable bonds is 4. The smallest absolute Gasteiger partial charge is 0.319 e. The molecule has 0 aliphatic rings. The van der Waals surface area contributed by atoms with Crippen molar-refractivity contribution in [2.24, 2.45) is 19.1 Å². The lowest BCUT2D eigenvalue weighted by Gasteiger charge is -2.05. The van der Waals surface area contributed by atoms with Crippen LogP contribution in [0.2, 0.25) is 5.02 Å². The van der Waals surface area contributed by atoms with Crippen LogP contribution in [0, 0.1) is 0 Å². The molecule has 1 aromatic carbocycles. The van der Waals surface area contributed by atoms with Crippen molar-refractivity contribution in [1.29, 1.82) is 0 Å². The Hall–Kier alpha value is -2.97. The van der Waals surface area contributed by atoms with E-state index in [2.05, 4.69) is 4.99 Å². The monoisotopic (exact) mass is 416 g/mol. The summed E-state index contributed by atoms with van der Waals surface area (Å²) in [6.45, 7) is 0.486. The standard InChI is InChI=1S/C19H17ClN4O3S/c1-22-11-14(17(26)23(2)19(22)27)7-8-16(25)21-18-24(9-10-28-18)12-13-5-3-4-6-15(13)20/h3-11H,12H2,1-2H3/b8-7-,21-18?. The zero-order chi connectivity index (χ0) is 20.3. The second-order valence-electron chi connectivity index (χ2n) is 6.03. The molecular formula is C19H17ClN4O3S. The third-order valence-corrected chi connectivity index (χ3v) is 5.21. The van der Waals surface area contributed by atoms with E-state index in [0.717, 1.165) is 10.1 Å². The van der Waals surface area contributed by atoms with Crippen LogP contribution in [0.3, 0.4) is 0 Å². The molecule has 144 valence electrons. The molecule has 0 atom stereocenters. The molecule has 0 radical (unpaired) electrons. The Balaban J connectivity index is 1.86. The second-order valence-corrected chi connectivity index (χ2v) is 7.31. The van der Waals surface area contributed by atoms with Crippen molar-refractivity contribution in [3.63, 3.8) is 0 Å². The molecule has 0 fully saturated rings. The molecule has 2 aromatic heterocycles. The van der Waals surface area contributed by atoms with Crippen molar-refractivity contribution in [2.75, 3.05) is 0 Å². The Morgan fingerprint density at radius 3 is 2.75 bits per heavy atom. The average molecular weight is 417 g/mol. The summed E-state index contributed by atoms with van der Waals surface area (Å²) in [7, 11) is 2.92. The van der Waals surface area contributed by atoms with E-state index in [9.17, 15) is 14.4 Å². The number of halogens is 1. The van der Waals surface area contributed by atoms with E-state index in [4.69, 9.17) is 11.6 Å². The topological polar surface area (TPSA) is 78.4 Å². The van der Waals surface area contributed by atoms with Gasteiger partial charge in [-0.3, -0.25) is 14.2 Å². The summed E-state index contributed by atoms with van der Waals surface area (Å²) in [4.78, 5) is 40.7. The van der Waals surface area contributed by atoms with E-state index in [0.29, 0.717) is 16.4 Å². The first-order valence-corrected chi connectivity index (χ1v) is 9.53. The van der Waals surface area contributed by atoms with Crippen LogP contribution < -0.4 is 16.1 Å². The molecule has 7 nitrogen and oxygen atoms in total. The molecule has 0 saturated heterocycles. The second kappa shape index (κ2) is 8.37. The zero-order valence-electron chi connectivity index (χ0n) is 15.2. The Morgan fingerprint density at radius 1 is 1.25 bits per heavy atom. The maximum atomic E-state index is 12.2. The Morgan fingerprint density at radius 2 is 2.00 bits per heavy atom. The highest BCUT2D eigenvalue weighted by atomic mass is 35.5. The minimum atomic E-state index is -0.508. The van der Waals surface area contributed by atoms with E-state index in [-0.39, 0.29) is 5.56 Å². The third kappa shape index (κ3) is 4.29. The minimum absolute atomic E-state index is 0.225. The molecule has 0 aliphatic heterocycles. The molecule has 28 heavy (non-hydrogen) atoms. The highest BCUT2D eigenvalue weighted by Crippen LogP contribution is 2.15. The van der Waals surface area contributed by atoms with Crippen LogP contribution in [-0.4, -0.2) is 19.6 Å². The van der Waals surface area contributed by atoms with E-state index >= 15 is 0 Å². The van der Waals surface area contributed by atoms with Crippen molar-refractivity contribution < 1.29 is 4.79 Å². The van der Waals surface area contributed by atoms with Crippen LogP contribution >= 0.6 is 22.9 Å². The molecule has 3 rings (SSSR count). The Labute approximate surface area is 169 Å². The predicted molar refractivity (Wildman–Crippen MR) is 109 cm³/mol. The van der Waals surface area contributed by atoms with Crippen LogP contribution in [0.5, 0.6) is 0 Å². The maximum absolute atomic E-state index is 12.2. The van der Waals surface area contributed by atoms with Gasteiger partial charge in [-0.05, 0) is 17.7 Å². The maximum Gasteiger partial charge on any atom is 0.330 e. The van der Waals surface area contributed by atoms with Crippen molar-refractivity contribution in [3.8, 4) is 0 Å². The predicted octanol–water partition coefficient (Wildman–Crippen LogP) is 1.79. The molecule has 0 unspecified atom stereocenters. The number of aryl methyl sites for hydroxylation is 1. The fourth-order valence-corrected chi connectivity index (χ4v) is 3.49. The quantitative estimate of drug-likeness (QED) is 0.608. The van der Waals surface area contributed by atoms with Gasteiger partial charge in [-0.2, -0.15) is 4.99 Å². The first kappa shape index (κ1) is 19.8. The lowest BCUT2D eigenvalue weighted by molar-refractivity contribution is -0.113. The summed E-state index contributed by atoms with van der Waals surface area (Å²) in [6, 6.07) is 7.47. The number of nitrogens with zero attached hydrogens (tertiary/aromatic N) is 4. The van der Waals surface area contributed by atoms with Crippen LogP contribution in [0.15, 0.2) is 62.7 Å². The highest BCUT2D eigenvalue weighted by Gasteiger charge is 2.06. The number of amides is 1. The van der Waals surface area contributed by atoms with Gasteiger partial charge in [-0.1, -0.05) is 29.8 Å². The van der Waals surface area contributed by atoms with Gasteiger partial charge in [0.2, 0.25) is 0 Å². The van der Waals surface area contributed by atoms with Crippen molar-refractivity contribution in [3.05, 3.63) is 89.9 Å². The first-order valence-electron chi connectivity index (χ1n) is 8.27. The van der Waals surface area contributed by atoms with Crippen molar-refractivity contribution >= 4 is 34.9 Å². The number of carbonyl (C=O) groups excluding carboxylic acids is 1. The van der Waals surface area contributed by atoms with Gasteiger partial charge < -0.3 is 9.13 Å². The van der Waals surface area contributed by atoms with Gasteiger partial charge in [-0.15, -0.1) is 11.3 Å². The lowest BCUT2D eigenvalue weighted by atomic mass is 10.2. The van der Waals surface area contributed by atoms with Gasteiger partial charge in [0.25, 0.3) is 11.5 Å². The molecule has 3 aromatic rings. The summed E-state index contributed by atoms with van der Waals surface area (Å²) in [5.41, 5.74) is 0.235. The summed E-state index contributed by atoms with van der Waals surface area (Å²) in [5.74, 6) is -0.508. The number of carbonyl (C=O) groups is 1. The number of benzene rings is 1. The lowest BCUT2D eigenvalue weighted by Crippen LogP contribution is -2.37.